The van der Waals surface area contributed by atoms with Gasteiger partial charge in [0, 0.05) is 25.9 Å². The van der Waals surface area contributed by atoms with Crippen LogP contribution in [0.1, 0.15) is 31.0 Å². The third-order valence-electron chi connectivity index (χ3n) is 3.20. The van der Waals surface area contributed by atoms with Crippen LogP contribution in [0.2, 0.25) is 0 Å². The van der Waals surface area contributed by atoms with Crippen molar-refractivity contribution in [1.29, 1.82) is 0 Å². The van der Waals surface area contributed by atoms with Gasteiger partial charge in [0.25, 0.3) is 0 Å². The van der Waals surface area contributed by atoms with E-state index < -0.39 is 0 Å². The molecule has 0 saturated carbocycles. The predicted octanol–water partition coefficient (Wildman–Crippen LogP) is 0.860. The molecule has 1 aromatic heterocycles. The van der Waals surface area contributed by atoms with E-state index in [-0.39, 0.29) is 0 Å². The minimum absolute atomic E-state index is 0.779. The minimum atomic E-state index is 0.779. The fourth-order valence-corrected chi connectivity index (χ4v) is 2.17. The lowest BCUT2D eigenvalue weighted by Crippen LogP contribution is -2.31. The van der Waals surface area contributed by atoms with Gasteiger partial charge in [-0.15, -0.1) is 0 Å². The van der Waals surface area contributed by atoms with Crippen molar-refractivity contribution in [3.8, 4) is 0 Å². The normalized spacial score (nSPS) is 17.5. The Kier molecular flexibility index (Phi) is 4.94. The number of hydrogen-bond acceptors (Lipinski definition) is 5. The summed E-state index contributed by atoms with van der Waals surface area (Å²) in [7, 11) is 1.93. The monoisotopic (exact) mass is 238 g/mol. The molecule has 0 amide bonds. The molecular formula is C12H22N4O. The molecule has 17 heavy (non-hydrogen) atoms. The fraction of sp³-hybridized carbons (Fsp3) is 0.833. The molecule has 2 heterocycles. The molecule has 1 saturated heterocycles. The predicted molar refractivity (Wildman–Crippen MR) is 65.9 cm³/mol. The largest absolute Gasteiger partial charge is 0.339 e. The van der Waals surface area contributed by atoms with E-state index in [9.17, 15) is 0 Å². The lowest BCUT2D eigenvalue weighted by atomic mass is 10.1. The number of nitrogens with zero attached hydrogens (tertiary/aromatic N) is 3. The first-order valence-corrected chi connectivity index (χ1v) is 6.57. The van der Waals surface area contributed by atoms with Crippen LogP contribution in [0.5, 0.6) is 0 Å². The summed E-state index contributed by atoms with van der Waals surface area (Å²) in [6, 6.07) is 0. The third kappa shape index (κ3) is 4.09. The van der Waals surface area contributed by atoms with Gasteiger partial charge in [-0.05, 0) is 33.0 Å². The molecule has 1 aliphatic rings. The van der Waals surface area contributed by atoms with Gasteiger partial charge in [-0.25, -0.2) is 0 Å². The Bertz CT molecular complexity index is 320. The SMILES string of the molecule is CNCCc1noc(CCN2CCCCC2)n1. The maximum absolute atomic E-state index is 5.24. The van der Waals surface area contributed by atoms with Gasteiger partial charge in [0.05, 0.1) is 0 Å². The molecule has 0 aromatic carbocycles. The molecule has 1 aromatic rings. The summed E-state index contributed by atoms with van der Waals surface area (Å²) in [5.74, 6) is 1.59. The van der Waals surface area contributed by atoms with Crippen LogP contribution in [-0.4, -0.2) is 48.3 Å². The van der Waals surface area contributed by atoms with Crippen LogP contribution >= 0.6 is 0 Å². The van der Waals surface area contributed by atoms with Gasteiger partial charge in [0.15, 0.2) is 5.82 Å². The lowest BCUT2D eigenvalue weighted by molar-refractivity contribution is 0.223. The summed E-state index contributed by atoms with van der Waals surface area (Å²) in [6.45, 7) is 4.39. The van der Waals surface area contributed by atoms with Crippen LogP contribution in [-0.2, 0) is 12.8 Å². The smallest absolute Gasteiger partial charge is 0.227 e. The van der Waals surface area contributed by atoms with Crippen LogP contribution < -0.4 is 5.32 Å². The highest BCUT2D eigenvalue weighted by atomic mass is 16.5. The molecule has 0 bridgehead atoms. The first kappa shape index (κ1) is 12.5. The van der Waals surface area contributed by atoms with Crippen LogP contribution in [0.3, 0.4) is 0 Å². The number of aromatic nitrogens is 2. The highest BCUT2D eigenvalue weighted by Crippen LogP contribution is 2.09. The molecule has 0 spiro atoms. The molecule has 1 aliphatic heterocycles. The molecule has 96 valence electrons. The molecule has 5 nitrogen and oxygen atoms in total. The van der Waals surface area contributed by atoms with Gasteiger partial charge in [-0.2, -0.15) is 4.98 Å². The Morgan fingerprint density at radius 1 is 1.24 bits per heavy atom. The Labute approximate surface area is 103 Å². The molecule has 5 heteroatoms. The fourth-order valence-electron chi connectivity index (χ4n) is 2.17. The summed E-state index contributed by atoms with van der Waals surface area (Å²) in [5, 5.41) is 7.05. The molecule has 1 N–H and O–H groups in total. The standard InChI is InChI=1S/C12H22N4O/c1-13-7-5-11-14-12(17-15-11)6-10-16-8-3-2-4-9-16/h13H,2-10H2,1H3. The molecular weight excluding hydrogens is 216 g/mol. The number of piperidine rings is 1. The molecule has 1 fully saturated rings. The molecule has 0 unspecified atom stereocenters. The summed E-state index contributed by atoms with van der Waals surface area (Å²) in [6.07, 6.45) is 5.76. The zero-order valence-electron chi connectivity index (χ0n) is 10.6. The number of nitrogens with one attached hydrogen (secondary N) is 1. The second-order valence-corrected chi connectivity index (χ2v) is 4.61. The minimum Gasteiger partial charge on any atom is -0.339 e. The topological polar surface area (TPSA) is 54.2 Å². The highest BCUT2D eigenvalue weighted by molar-refractivity contribution is 4.88. The number of rotatable bonds is 6. The average Bonchev–Trinajstić information content (AvgIpc) is 2.83. The summed E-state index contributed by atoms with van der Waals surface area (Å²) in [5.41, 5.74) is 0. The van der Waals surface area contributed by atoms with Crippen molar-refractivity contribution in [3.05, 3.63) is 11.7 Å². The second kappa shape index (κ2) is 6.71. The average molecular weight is 238 g/mol. The molecule has 0 aliphatic carbocycles. The highest BCUT2D eigenvalue weighted by Gasteiger charge is 2.12. The number of hydrogen-bond donors (Lipinski definition) is 1. The van der Waals surface area contributed by atoms with E-state index in [4.69, 9.17) is 4.52 Å². The van der Waals surface area contributed by atoms with Crippen molar-refractivity contribution in [2.75, 3.05) is 33.2 Å². The zero-order valence-corrected chi connectivity index (χ0v) is 10.6. The van der Waals surface area contributed by atoms with Crippen molar-refractivity contribution in [3.63, 3.8) is 0 Å². The maximum atomic E-state index is 5.24. The van der Waals surface area contributed by atoms with Crippen molar-refractivity contribution < 1.29 is 4.52 Å². The van der Waals surface area contributed by atoms with Gasteiger partial charge >= 0.3 is 0 Å². The van der Waals surface area contributed by atoms with Crippen molar-refractivity contribution >= 4 is 0 Å². The van der Waals surface area contributed by atoms with E-state index in [2.05, 4.69) is 20.4 Å². The van der Waals surface area contributed by atoms with E-state index in [1.807, 2.05) is 7.05 Å². The Balaban J connectivity index is 1.72. The Morgan fingerprint density at radius 2 is 2.06 bits per heavy atom. The van der Waals surface area contributed by atoms with Crippen LogP contribution in [0, 0.1) is 0 Å². The quantitative estimate of drug-likeness (QED) is 0.796. The van der Waals surface area contributed by atoms with Crippen molar-refractivity contribution in [2.24, 2.45) is 0 Å². The van der Waals surface area contributed by atoms with E-state index >= 15 is 0 Å². The maximum Gasteiger partial charge on any atom is 0.227 e. The first-order valence-electron chi connectivity index (χ1n) is 6.57. The van der Waals surface area contributed by atoms with E-state index in [0.717, 1.165) is 37.6 Å². The van der Waals surface area contributed by atoms with Crippen LogP contribution in [0.15, 0.2) is 4.52 Å². The van der Waals surface area contributed by atoms with E-state index in [1.165, 1.54) is 32.4 Å². The van der Waals surface area contributed by atoms with E-state index in [1.54, 1.807) is 0 Å². The molecule has 0 radical (unpaired) electrons. The summed E-state index contributed by atoms with van der Waals surface area (Å²) < 4.78 is 5.24. The third-order valence-corrected chi connectivity index (χ3v) is 3.20. The molecule has 2 rings (SSSR count). The Hall–Kier alpha value is -0.940. The summed E-state index contributed by atoms with van der Waals surface area (Å²) >= 11 is 0. The van der Waals surface area contributed by atoms with Crippen LogP contribution in [0.25, 0.3) is 0 Å². The first-order chi connectivity index (χ1) is 8.38. The molecule has 0 atom stereocenters. The van der Waals surface area contributed by atoms with Gasteiger partial charge < -0.3 is 14.7 Å². The van der Waals surface area contributed by atoms with Gasteiger partial charge in [-0.3, -0.25) is 0 Å². The van der Waals surface area contributed by atoms with Crippen molar-refractivity contribution in [1.82, 2.24) is 20.4 Å². The van der Waals surface area contributed by atoms with Gasteiger partial charge in [-0.1, -0.05) is 11.6 Å². The lowest BCUT2D eigenvalue weighted by Gasteiger charge is -2.25. The zero-order chi connectivity index (χ0) is 11.9. The van der Waals surface area contributed by atoms with E-state index in [0.29, 0.717) is 0 Å². The van der Waals surface area contributed by atoms with Gasteiger partial charge in [0.2, 0.25) is 5.89 Å². The van der Waals surface area contributed by atoms with Crippen molar-refractivity contribution in [2.45, 2.75) is 32.1 Å². The Morgan fingerprint density at radius 3 is 2.82 bits per heavy atom. The number of likely N-dealkylation sites (tertiary alicyclic amines) is 1. The number of likely N-dealkylation sites (N-methyl/N-ethyl adjacent to an activating group) is 1. The van der Waals surface area contributed by atoms with Crippen LogP contribution in [0.4, 0.5) is 0 Å². The summed E-state index contributed by atoms with van der Waals surface area (Å²) in [4.78, 5) is 6.87. The second-order valence-electron chi connectivity index (χ2n) is 4.61. The van der Waals surface area contributed by atoms with Gasteiger partial charge in [0.1, 0.15) is 0 Å².